The summed E-state index contributed by atoms with van der Waals surface area (Å²) < 4.78 is 0.876. The third-order valence-electron chi connectivity index (χ3n) is 2.68. The molecular formula is C15H21BrN2O2. The molecule has 110 valence electrons. The summed E-state index contributed by atoms with van der Waals surface area (Å²) in [5, 5.41) is 2.84. The van der Waals surface area contributed by atoms with Crippen molar-refractivity contribution in [3.8, 4) is 0 Å². The molecule has 5 heteroatoms. The third-order valence-corrected chi connectivity index (χ3v) is 3.17. The molecule has 0 aliphatic rings. The largest absolute Gasteiger partial charge is 0.355 e. The van der Waals surface area contributed by atoms with Gasteiger partial charge >= 0.3 is 0 Å². The number of likely N-dealkylation sites (N-methyl/N-ethyl adjacent to an activating group) is 1. The van der Waals surface area contributed by atoms with Crippen LogP contribution in [0.1, 0.15) is 24.2 Å². The molecule has 1 aromatic rings. The molecule has 0 radical (unpaired) electrons. The molecular weight excluding hydrogens is 320 g/mol. The van der Waals surface area contributed by atoms with E-state index in [1.165, 1.54) is 0 Å². The Morgan fingerprint density at radius 3 is 2.60 bits per heavy atom. The summed E-state index contributed by atoms with van der Waals surface area (Å²) in [5.41, 5.74) is 0.647. The second kappa shape index (κ2) is 8.17. The Bertz CT molecular complexity index is 475. The molecule has 0 saturated carbocycles. The molecule has 0 fully saturated rings. The first kappa shape index (κ1) is 16.9. The van der Waals surface area contributed by atoms with Crippen molar-refractivity contribution < 1.29 is 9.59 Å². The second-order valence-corrected chi connectivity index (χ2v) is 6.22. The third kappa shape index (κ3) is 6.30. The Morgan fingerprint density at radius 1 is 1.30 bits per heavy atom. The zero-order chi connectivity index (χ0) is 15.1. The van der Waals surface area contributed by atoms with Crippen molar-refractivity contribution in [3.63, 3.8) is 0 Å². The molecule has 1 aromatic carbocycles. The quantitative estimate of drug-likeness (QED) is 0.775. The van der Waals surface area contributed by atoms with Crippen molar-refractivity contribution in [3.05, 3.63) is 34.3 Å². The minimum Gasteiger partial charge on any atom is -0.355 e. The number of Topliss-reactive ketones (excluding diaryl/α,β-unsaturated/α-hetero) is 1. The number of hydrogen-bond acceptors (Lipinski definition) is 3. The fourth-order valence-corrected chi connectivity index (χ4v) is 2.07. The Balaban J connectivity index is 2.44. The average Bonchev–Trinajstić information content (AvgIpc) is 2.36. The van der Waals surface area contributed by atoms with Crippen LogP contribution in [0.25, 0.3) is 0 Å². The molecule has 4 nitrogen and oxygen atoms in total. The molecule has 0 heterocycles. The Morgan fingerprint density at radius 2 is 2.00 bits per heavy atom. The Hall–Kier alpha value is -1.20. The van der Waals surface area contributed by atoms with E-state index in [4.69, 9.17) is 0 Å². The SMILES string of the molecule is CC(C)CNC(=O)CN(C)CC(=O)c1cccc(Br)c1. The maximum Gasteiger partial charge on any atom is 0.234 e. The molecule has 0 aromatic heterocycles. The zero-order valence-electron chi connectivity index (χ0n) is 12.1. The van der Waals surface area contributed by atoms with Crippen LogP contribution in [-0.2, 0) is 4.79 Å². The first-order valence-electron chi connectivity index (χ1n) is 6.62. The topological polar surface area (TPSA) is 49.4 Å². The molecule has 1 rings (SSSR count). The monoisotopic (exact) mass is 340 g/mol. The van der Waals surface area contributed by atoms with Gasteiger partial charge in [-0.1, -0.05) is 41.9 Å². The van der Waals surface area contributed by atoms with Crippen LogP contribution < -0.4 is 5.32 Å². The molecule has 0 unspecified atom stereocenters. The fourth-order valence-electron chi connectivity index (χ4n) is 1.67. The maximum atomic E-state index is 12.1. The van der Waals surface area contributed by atoms with Crippen LogP contribution in [0.15, 0.2) is 28.7 Å². The first-order chi connectivity index (χ1) is 9.38. The van der Waals surface area contributed by atoms with E-state index in [1.807, 2.05) is 26.0 Å². The van der Waals surface area contributed by atoms with Crippen molar-refractivity contribution in [1.82, 2.24) is 10.2 Å². The van der Waals surface area contributed by atoms with E-state index in [1.54, 1.807) is 24.1 Å². The molecule has 0 atom stereocenters. The van der Waals surface area contributed by atoms with Gasteiger partial charge in [0.2, 0.25) is 5.91 Å². The maximum absolute atomic E-state index is 12.1. The smallest absolute Gasteiger partial charge is 0.234 e. The van der Waals surface area contributed by atoms with Gasteiger partial charge in [0.15, 0.2) is 5.78 Å². The summed E-state index contributed by atoms with van der Waals surface area (Å²) in [6, 6.07) is 7.27. The zero-order valence-corrected chi connectivity index (χ0v) is 13.7. The number of nitrogens with zero attached hydrogens (tertiary/aromatic N) is 1. The number of nitrogens with one attached hydrogen (secondary N) is 1. The Labute approximate surface area is 128 Å². The van der Waals surface area contributed by atoms with E-state index in [0.29, 0.717) is 18.0 Å². The highest BCUT2D eigenvalue weighted by Gasteiger charge is 2.12. The summed E-state index contributed by atoms with van der Waals surface area (Å²) in [4.78, 5) is 25.4. The number of carbonyl (C=O) groups is 2. The highest BCUT2D eigenvalue weighted by atomic mass is 79.9. The summed E-state index contributed by atoms with van der Waals surface area (Å²) in [6.45, 7) is 5.20. The van der Waals surface area contributed by atoms with Crippen LogP contribution in [0.2, 0.25) is 0 Å². The number of benzene rings is 1. The number of carbonyl (C=O) groups excluding carboxylic acids is 2. The molecule has 0 aliphatic heterocycles. The number of ketones is 1. The fraction of sp³-hybridized carbons (Fsp3) is 0.467. The van der Waals surface area contributed by atoms with E-state index >= 15 is 0 Å². The van der Waals surface area contributed by atoms with Crippen molar-refractivity contribution in [1.29, 1.82) is 0 Å². The van der Waals surface area contributed by atoms with Gasteiger partial charge in [-0.3, -0.25) is 14.5 Å². The van der Waals surface area contributed by atoms with Gasteiger partial charge < -0.3 is 5.32 Å². The van der Waals surface area contributed by atoms with Crippen LogP contribution in [0.4, 0.5) is 0 Å². The van der Waals surface area contributed by atoms with Gasteiger partial charge in [-0.15, -0.1) is 0 Å². The standard InChI is InChI=1S/C15H21BrN2O2/c1-11(2)8-17-15(20)10-18(3)9-14(19)12-5-4-6-13(16)7-12/h4-7,11H,8-10H2,1-3H3,(H,17,20). The van der Waals surface area contributed by atoms with Crippen molar-refractivity contribution in [2.75, 3.05) is 26.7 Å². The van der Waals surface area contributed by atoms with Crippen molar-refractivity contribution in [2.24, 2.45) is 5.92 Å². The molecule has 0 spiro atoms. The van der Waals surface area contributed by atoms with E-state index in [2.05, 4.69) is 21.2 Å². The van der Waals surface area contributed by atoms with Crippen molar-refractivity contribution in [2.45, 2.75) is 13.8 Å². The summed E-state index contributed by atoms with van der Waals surface area (Å²) in [5.74, 6) is 0.376. The van der Waals surface area contributed by atoms with Crippen LogP contribution in [-0.4, -0.2) is 43.3 Å². The summed E-state index contributed by atoms with van der Waals surface area (Å²) >= 11 is 3.34. The predicted octanol–water partition coefficient (Wildman–Crippen LogP) is 2.34. The Kier molecular flexibility index (Phi) is 6.88. The van der Waals surface area contributed by atoms with Gasteiger partial charge in [0.05, 0.1) is 13.1 Å². The van der Waals surface area contributed by atoms with E-state index in [-0.39, 0.29) is 24.8 Å². The molecule has 20 heavy (non-hydrogen) atoms. The number of amides is 1. The van der Waals surface area contributed by atoms with Crippen LogP contribution >= 0.6 is 15.9 Å². The van der Waals surface area contributed by atoms with E-state index in [9.17, 15) is 9.59 Å². The van der Waals surface area contributed by atoms with Crippen LogP contribution in [0, 0.1) is 5.92 Å². The highest BCUT2D eigenvalue weighted by Crippen LogP contribution is 2.12. The van der Waals surface area contributed by atoms with Gasteiger partial charge in [0.1, 0.15) is 0 Å². The van der Waals surface area contributed by atoms with E-state index < -0.39 is 0 Å². The van der Waals surface area contributed by atoms with Gasteiger partial charge in [-0.2, -0.15) is 0 Å². The number of hydrogen-bond donors (Lipinski definition) is 1. The van der Waals surface area contributed by atoms with Crippen LogP contribution in [0.3, 0.4) is 0 Å². The first-order valence-corrected chi connectivity index (χ1v) is 7.41. The molecule has 1 N–H and O–H groups in total. The summed E-state index contributed by atoms with van der Waals surface area (Å²) in [6.07, 6.45) is 0. The minimum atomic E-state index is -0.0526. The van der Waals surface area contributed by atoms with Gasteiger partial charge in [0.25, 0.3) is 0 Å². The van der Waals surface area contributed by atoms with Gasteiger partial charge in [-0.05, 0) is 25.1 Å². The lowest BCUT2D eigenvalue weighted by molar-refractivity contribution is -0.121. The molecule has 0 aliphatic carbocycles. The second-order valence-electron chi connectivity index (χ2n) is 5.30. The van der Waals surface area contributed by atoms with Gasteiger partial charge in [0, 0.05) is 16.6 Å². The highest BCUT2D eigenvalue weighted by molar-refractivity contribution is 9.10. The lowest BCUT2D eigenvalue weighted by Crippen LogP contribution is -2.38. The minimum absolute atomic E-state index is 0.00506. The lowest BCUT2D eigenvalue weighted by atomic mass is 10.1. The molecule has 1 amide bonds. The predicted molar refractivity (Wildman–Crippen MR) is 83.8 cm³/mol. The van der Waals surface area contributed by atoms with Gasteiger partial charge in [-0.25, -0.2) is 0 Å². The lowest BCUT2D eigenvalue weighted by Gasteiger charge is -2.16. The van der Waals surface area contributed by atoms with E-state index in [0.717, 1.165) is 4.47 Å². The number of rotatable bonds is 7. The normalized spacial score (nSPS) is 10.9. The van der Waals surface area contributed by atoms with Crippen molar-refractivity contribution >= 4 is 27.6 Å². The summed E-state index contributed by atoms with van der Waals surface area (Å²) in [7, 11) is 1.77. The number of halogens is 1. The average molecular weight is 341 g/mol. The molecule has 0 saturated heterocycles. The molecule has 0 bridgehead atoms. The van der Waals surface area contributed by atoms with Crippen LogP contribution in [0.5, 0.6) is 0 Å².